The SMILES string of the molecule is O=C(NCCc1ncon1)C1CCNCC1. The lowest BCUT2D eigenvalue weighted by Gasteiger charge is -2.21. The molecule has 0 atom stereocenters. The van der Waals surface area contributed by atoms with Crippen LogP contribution in [0.3, 0.4) is 0 Å². The van der Waals surface area contributed by atoms with Crippen molar-refractivity contribution < 1.29 is 9.32 Å². The zero-order valence-corrected chi connectivity index (χ0v) is 9.11. The van der Waals surface area contributed by atoms with Gasteiger partial charge in [0.25, 0.3) is 0 Å². The molecule has 88 valence electrons. The summed E-state index contributed by atoms with van der Waals surface area (Å²) in [5.41, 5.74) is 0. The summed E-state index contributed by atoms with van der Waals surface area (Å²) in [6.45, 7) is 2.44. The number of amides is 1. The number of hydrogen-bond acceptors (Lipinski definition) is 5. The van der Waals surface area contributed by atoms with Crippen LogP contribution >= 0.6 is 0 Å². The first-order chi connectivity index (χ1) is 7.86. The average Bonchev–Trinajstić information content (AvgIpc) is 2.83. The first kappa shape index (κ1) is 11.1. The summed E-state index contributed by atoms with van der Waals surface area (Å²) in [5.74, 6) is 0.933. The molecule has 1 aromatic heterocycles. The van der Waals surface area contributed by atoms with Crippen LogP contribution in [0.25, 0.3) is 0 Å². The molecule has 0 aliphatic carbocycles. The number of hydrogen-bond donors (Lipinski definition) is 2. The lowest BCUT2D eigenvalue weighted by molar-refractivity contribution is -0.125. The van der Waals surface area contributed by atoms with Gasteiger partial charge in [0, 0.05) is 18.9 Å². The summed E-state index contributed by atoms with van der Waals surface area (Å²) in [5, 5.41) is 9.82. The highest BCUT2D eigenvalue weighted by molar-refractivity contribution is 5.78. The zero-order chi connectivity index (χ0) is 11.2. The van der Waals surface area contributed by atoms with Crippen molar-refractivity contribution in [2.24, 2.45) is 5.92 Å². The zero-order valence-electron chi connectivity index (χ0n) is 9.11. The molecule has 0 aromatic carbocycles. The van der Waals surface area contributed by atoms with E-state index in [-0.39, 0.29) is 11.8 Å². The summed E-state index contributed by atoms with van der Waals surface area (Å²) >= 11 is 0. The van der Waals surface area contributed by atoms with Crippen LogP contribution in [0.2, 0.25) is 0 Å². The smallest absolute Gasteiger partial charge is 0.223 e. The second-order valence-corrected chi connectivity index (χ2v) is 3.91. The molecule has 0 bridgehead atoms. The molecule has 6 heteroatoms. The van der Waals surface area contributed by atoms with E-state index in [1.165, 1.54) is 6.39 Å². The fraction of sp³-hybridized carbons (Fsp3) is 0.700. The van der Waals surface area contributed by atoms with Crippen LogP contribution in [-0.4, -0.2) is 35.7 Å². The summed E-state index contributed by atoms with van der Waals surface area (Å²) in [4.78, 5) is 15.6. The van der Waals surface area contributed by atoms with Gasteiger partial charge in [-0.2, -0.15) is 4.98 Å². The van der Waals surface area contributed by atoms with Crippen LogP contribution in [0.5, 0.6) is 0 Å². The Morgan fingerprint density at radius 3 is 3.06 bits per heavy atom. The van der Waals surface area contributed by atoms with Crippen LogP contribution in [0.15, 0.2) is 10.9 Å². The number of nitrogens with zero attached hydrogens (tertiary/aromatic N) is 2. The molecular weight excluding hydrogens is 208 g/mol. The van der Waals surface area contributed by atoms with Gasteiger partial charge in [-0.15, -0.1) is 0 Å². The van der Waals surface area contributed by atoms with Crippen LogP contribution < -0.4 is 10.6 Å². The van der Waals surface area contributed by atoms with Gasteiger partial charge in [-0.1, -0.05) is 5.16 Å². The number of carbonyl (C=O) groups is 1. The molecule has 0 spiro atoms. The molecule has 2 N–H and O–H groups in total. The Morgan fingerprint density at radius 1 is 1.56 bits per heavy atom. The van der Waals surface area contributed by atoms with Gasteiger partial charge in [0.05, 0.1) is 0 Å². The molecule has 16 heavy (non-hydrogen) atoms. The fourth-order valence-corrected chi connectivity index (χ4v) is 1.83. The number of nitrogens with one attached hydrogen (secondary N) is 2. The lowest BCUT2D eigenvalue weighted by Crippen LogP contribution is -2.38. The summed E-state index contributed by atoms with van der Waals surface area (Å²) in [6, 6.07) is 0. The largest absolute Gasteiger partial charge is 0.355 e. The third-order valence-corrected chi connectivity index (χ3v) is 2.76. The summed E-state index contributed by atoms with van der Waals surface area (Å²) in [7, 11) is 0. The average molecular weight is 224 g/mol. The van der Waals surface area contributed by atoms with Crippen LogP contribution in [0.4, 0.5) is 0 Å². The van der Waals surface area contributed by atoms with Crippen molar-refractivity contribution in [1.82, 2.24) is 20.8 Å². The molecule has 1 aromatic rings. The van der Waals surface area contributed by atoms with Crippen LogP contribution in [-0.2, 0) is 11.2 Å². The van der Waals surface area contributed by atoms with Gasteiger partial charge in [-0.25, -0.2) is 0 Å². The first-order valence-electron chi connectivity index (χ1n) is 5.60. The Labute approximate surface area is 93.8 Å². The molecule has 0 saturated carbocycles. The van der Waals surface area contributed by atoms with Crippen molar-refractivity contribution >= 4 is 5.91 Å². The molecule has 2 heterocycles. The normalized spacial score (nSPS) is 17.2. The molecule has 1 fully saturated rings. The first-order valence-corrected chi connectivity index (χ1v) is 5.60. The number of piperidine rings is 1. The monoisotopic (exact) mass is 224 g/mol. The lowest BCUT2D eigenvalue weighted by atomic mass is 9.97. The second kappa shape index (κ2) is 5.60. The summed E-state index contributed by atoms with van der Waals surface area (Å²) < 4.78 is 4.61. The van der Waals surface area contributed by atoms with E-state index in [0.717, 1.165) is 25.9 Å². The Bertz CT molecular complexity index is 320. The molecule has 1 saturated heterocycles. The Balaban J connectivity index is 1.67. The van der Waals surface area contributed by atoms with E-state index in [2.05, 4.69) is 25.3 Å². The van der Waals surface area contributed by atoms with Gasteiger partial charge in [0.2, 0.25) is 12.3 Å². The van der Waals surface area contributed by atoms with E-state index in [0.29, 0.717) is 18.8 Å². The van der Waals surface area contributed by atoms with Gasteiger partial charge in [0.15, 0.2) is 5.82 Å². The van der Waals surface area contributed by atoms with Crippen molar-refractivity contribution in [3.8, 4) is 0 Å². The Kier molecular flexibility index (Phi) is 3.87. The van der Waals surface area contributed by atoms with E-state index in [9.17, 15) is 4.79 Å². The molecule has 6 nitrogen and oxygen atoms in total. The topological polar surface area (TPSA) is 80.1 Å². The van der Waals surface area contributed by atoms with Gasteiger partial charge in [0.1, 0.15) is 0 Å². The Hall–Kier alpha value is -1.43. The van der Waals surface area contributed by atoms with Gasteiger partial charge >= 0.3 is 0 Å². The predicted octanol–water partition coefficient (Wildman–Crippen LogP) is -0.272. The second-order valence-electron chi connectivity index (χ2n) is 3.91. The molecular formula is C10H16N4O2. The van der Waals surface area contributed by atoms with Crippen molar-refractivity contribution in [1.29, 1.82) is 0 Å². The third kappa shape index (κ3) is 3.03. The minimum absolute atomic E-state index is 0.144. The minimum Gasteiger partial charge on any atom is -0.355 e. The third-order valence-electron chi connectivity index (χ3n) is 2.76. The van der Waals surface area contributed by atoms with Gasteiger partial charge in [-0.05, 0) is 25.9 Å². The molecule has 0 unspecified atom stereocenters. The highest BCUT2D eigenvalue weighted by Gasteiger charge is 2.20. The molecule has 1 amide bonds. The maximum absolute atomic E-state index is 11.7. The van der Waals surface area contributed by atoms with E-state index in [1.54, 1.807) is 0 Å². The van der Waals surface area contributed by atoms with E-state index in [4.69, 9.17) is 0 Å². The van der Waals surface area contributed by atoms with Gasteiger partial charge < -0.3 is 15.2 Å². The van der Waals surface area contributed by atoms with Crippen molar-refractivity contribution in [3.05, 3.63) is 12.2 Å². The fourth-order valence-electron chi connectivity index (χ4n) is 1.83. The Morgan fingerprint density at radius 2 is 2.38 bits per heavy atom. The predicted molar refractivity (Wildman–Crippen MR) is 56.6 cm³/mol. The number of aromatic nitrogens is 2. The van der Waals surface area contributed by atoms with E-state index >= 15 is 0 Å². The van der Waals surface area contributed by atoms with Crippen LogP contribution in [0, 0.1) is 5.92 Å². The standard InChI is InChI=1S/C10H16N4O2/c15-10(8-1-4-11-5-2-8)12-6-3-9-13-7-16-14-9/h7-8,11H,1-6H2,(H,12,15). The number of carbonyl (C=O) groups excluding carboxylic acids is 1. The highest BCUT2D eigenvalue weighted by Crippen LogP contribution is 2.11. The molecule has 1 aliphatic rings. The molecule has 2 rings (SSSR count). The minimum atomic E-state index is 0.144. The van der Waals surface area contributed by atoms with Crippen LogP contribution in [0.1, 0.15) is 18.7 Å². The van der Waals surface area contributed by atoms with Crippen molar-refractivity contribution in [2.75, 3.05) is 19.6 Å². The molecule has 1 aliphatic heterocycles. The maximum Gasteiger partial charge on any atom is 0.223 e. The quantitative estimate of drug-likeness (QED) is 0.735. The molecule has 0 radical (unpaired) electrons. The maximum atomic E-state index is 11.7. The summed E-state index contributed by atoms with van der Waals surface area (Å²) in [6.07, 6.45) is 3.76. The van der Waals surface area contributed by atoms with E-state index < -0.39 is 0 Å². The number of rotatable bonds is 4. The van der Waals surface area contributed by atoms with E-state index in [1.807, 2.05) is 0 Å². The highest BCUT2D eigenvalue weighted by atomic mass is 16.5. The van der Waals surface area contributed by atoms with Crippen molar-refractivity contribution in [3.63, 3.8) is 0 Å². The van der Waals surface area contributed by atoms with Gasteiger partial charge in [-0.3, -0.25) is 4.79 Å². The van der Waals surface area contributed by atoms with Crippen molar-refractivity contribution in [2.45, 2.75) is 19.3 Å².